The molecule has 3 nitrogen and oxygen atoms in total. The topological polar surface area (TPSA) is 29.9 Å². The van der Waals surface area contributed by atoms with Gasteiger partial charge in [0.05, 0.1) is 11.4 Å². The molecule has 1 heterocycles. The molecule has 1 N–H and O–H groups in total. The van der Waals surface area contributed by atoms with E-state index < -0.39 is 0 Å². The van der Waals surface area contributed by atoms with E-state index in [1.807, 2.05) is 11.7 Å². The molecule has 0 aromatic carbocycles. The Morgan fingerprint density at radius 1 is 1.50 bits per heavy atom. The van der Waals surface area contributed by atoms with Crippen molar-refractivity contribution in [1.82, 2.24) is 15.1 Å². The molecule has 0 aliphatic rings. The summed E-state index contributed by atoms with van der Waals surface area (Å²) in [5, 5.41) is 8.16. The maximum Gasteiger partial charge on any atom is 0.0625 e. The molecular formula is C15H27N3. The molecule has 0 saturated heterocycles. The van der Waals surface area contributed by atoms with E-state index in [-0.39, 0.29) is 0 Å². The normalized spacial score (nSPS) is 12.7. The summed E-state index contributed by atoms with van der Waals surface area (Å²) >= 11 is 0. The van der Waals surface area contributed by atoms with E-state index in [0.717, 1.165) is 32.2 Å². The van der Waals surface area contributed by atoms with Crippen molar-refractivity contribution in [2.75, 3.05) is 6.54 Å². The van der Waals surface area contributed by atoms with Crippen molar-refractivity contribution >= 4 is 0 Å². The molecule has 0 saturated carbocycles. The first-order chi connectivity index (χ1) is 8.58. The zero-order chi connectivity index (χ0) is 13.5. The van der Waals surface area contributed by atoms with E-state index in [0.29, 0.717) is 6.04 Å². The van der Waals surface area contributed by atoms with Crippen molar-refractivity contribution in [3.05, 3.63) is 29.6 Å². The molecule has 0 fully saturated rings. The smallest absolute Gasteiger partial charge is 0.0625 e. The van der Waals surface area contributed by atoms with Crippen LogP contribution in [0.3, 0.4) is 0 Å². The van der Waals surface area contributed by atoms with Crippen LogP contribution in [0.5, 0.6) is 0 Å². The summed E-state index contributed by atoms with van der Waals surface area (Å²) in [6.45, 7) is 11.5. The molecule has 0 bridgehead atoms. The van der Waals surface area contributed by atoms with Gasteiger partial charge in [-0.2, -0.15) is 5.10 Å². The highest BCUT2D eigenvalue weighted by atomic mass is 15.3. The molecule has 0 spiro atoms. The second-order valence-corrected chi connectivity index (χ2v) is 5.04. The van der Waals surface area contributed by atoms with E-state index >= 15 is 0 Å². The molecule has 1 rings (SSSR count). The van der Waals surface area contributed by atoms with Gasteiger partial charge >= 0.3 is 0 Å². The zero-order valence-corrected chi connectivity index (χ0v) is 12.3. The summed E-state index contributed by atoms with van der Waals surface area (Å²) < 4.78 is 2.02. The van der Waals surface area contributed by atoms with Gasteiger partial charge < -0.3 is 5.32 Å². The largest absolute Gasteiger partial charge is 0.309 e. The molecule has 0 radical (unpaired) electrons. The summed E-state index contributed by atoms with van der Waals surface area (Å²) in [7, 11) is 2.04. The predicted octanol–water partition coefficient (Wildman–Crippen LogP) is 3.38. The van der Waals surface area contributed by atoms with Crippen molar-refractivity contribution in [3.63, 3.8) is 0 Å². The number of aromatic nitrogens is 2. The Bertz CT molecular complexity index is 379. The van der Waals surface area contributed by atoms with E-state index in [4.69, 9.17) is 0 Å². The maximum atomic E-state index is 4.54. The van der Waals surface area contributed by atoms with E-state index in [2.05, 4.69) is 43.8 Å². The fourth-order valence-electron chi connectivity index (χ4n) is 2.11. The molecule has 0 aliphatic carbocycles. The Kier molecular flexibility index (Phi) is 6.13. The van der Waals surface area contributed by atoms with Gasteiger partial charge in [-0.15, -0.1) is 6.58 Å². The standard InChI is InChI=1S/C15H27N3/c1-6-10-16-14(9-8-12(3)4)15-11-13(7-2)17-18(15)5/h11,14,16H,3,6-10H2,1-2,4-5H3. The Hall–Kier alpha value is -1.09. The monoisotopic (exact) mass is 249 g/mol. The molecule has 18 heavy (non-hydrogen) atoms. The first-order valence-electron chi connectivity index (χ1n) is 6.99. The summed E-state index contributed by atoms with van der Waals surface area (Å²) in [5.41, 5.74) is 3.71. The minimum absolute atomic E-state index is 0.388. The number of hydrogen-bond acceptors (Lipinski definition) is 2. The fraction of sp³-hybridized carbons (Fsp3) is 0.667. The molecule has 1 atom stereocenters. The lowest BCUT2D eigenvalue weighted by Gasteiger charge is -2.18. The number of aryl methyl sites for hydroxylation is 2. The minimum Gasteiger partial charge on any atom is -0.309 e. The number of rotatable bonds is 8. The van der Waals surface area contributed by atoms with Gasteiger partial charge in [0.25, 0.3) is 0 Å². The van der Waals surface area contributed by atoms with Crippen molar-refractivity contribution in [2.24, 2.45) is 7.05 Å². The van der Waals surface area contributed by atoms with Crippen molar-refractivity contribution < 1.29 is 0 Å². The van der Waals surface area contributed by atoms with Gasteiger partial charge in [0.1, 0.15) is 0 Å². The number of allylic oxidation sites excluding steroid dienone is 1. The first kappa shape index (κ1) is 15.0. The van der Waals surface area contributed by atoms with Gasteiger partial charge in [-0.3, -0.25) is 4.68 Å². The Labute approximate surface area is 111 Å². The third-order valence-electron chi connectivity index (χ3n) is 3.19. The number of nitrogens with zero attached hydrogens (tertiary/aromatic N) is 2. The molecule has 1 aromatic rings. The molecule has 0 aliphatic heterocycles. The average molecular weight is 249 g/mol. The average Bonchev–Trinajstić information content (AvgIpc) is 2.71. The van der Waals surface area contributed by atoms with Crippen LogP contribution >= 0.6 is 0 Å². The van der Waals surface area contributed by atoms with Crippen LogP contribution in [0.25, 0.3) is 0 Å². The van der Waals surface area contributed by atoms with Crippen LogP contribution in [0.15, 0.2) is 18.2 Å². The van der Waals surface area contributed by atoms with E-state index in [9.17, 15) is 0 Å². The number of hydrogen-bond donors (Lipinski definition) is 1. The van der Waals surface area contributed by atoms with Gasteiger partial charge in [-0.05, 0) is 45.2 Å². The van der Waals surface area contributed by atoms with Crippen LogP contribution in [-0.2, 0) is 13.5 Å². The molecule has 0 amide bonds. The molecule has 1 aromatic heterocycles. The fourth-order valence-corrected chi connectivity index (χ4v) is 2.11. The molecule has 102 valence electrons. The summed E-state index contributed by atoms with van der Waals surface area (Å²) in [5.74, 6) is 0. The second-order valence-electron chi connectivity index (χ2n) is 5.04. The molecule has 3 heteroatoms. The van der Waals surface area contributed by atoms with E-state index in [1.165, 1.54) is 17.0 Å². The lowest BCUT2D eigenvalue weighted by molar-refractivity contribution is 0.467. The quantitative estimate of drug-likeness (QED) is 0.716. The van der Waals surface area contributed by atoms with Gasteiger partial charge in [0.2, 0.25) is 0 Å². The SMILES string of the molecule is C=C(C)CCC(NCCC)c1cc(CC)nn1C. The maximum absolute atomic E-state index is 4.54. The van der Waals surface area contributed by atoms with Crippen LogP contribution in [0.2, 0.25) is 0 Å². The molecular weight excluding hydrogens is 222 g/mol. The van der Waals surface area contributed by atoms with Crippen molar-refractivity contribution in [2.45, 2.75) is 52.5 Å². The van der Waals surface area contributed by atoms with Crippen LogP contribution in [-0.4, -0.2) is 16.3 Å². The van der Waals surface area contributed by atoms with E-state index in [1.54, 1.807) is 0 Å². The number of nitrogens with one attached hydrogen (secondary N) is 1. The Balaban J connectivity index is 2.78. The molecule has 1 unspecified atom stereocenters. The van der Waals surface area contributed by atoms with Gasteiger partial charge in [0.15, 0.2) is 0 Å². The summed E-state index contributed by atoms with van der Waals surface area (Å²) in [6.07, 6.45) is 4.31. The van der Waals surface area contributed by atoms with Gasteiger partial charge in [-0.1, -0.05) is 19.4 Å². The van der Waals surface area contributed by atoms with Crippen molar-refractivity contribution in [3.8, 4) is 0 Å². The zero-order valence-electron chi connectivity index (χ0n) is 12.3. The lowest BCUT2D eigenvalue weighted by atomic mass is 10.0. The lowest BCUT2D eigenvalue weighted by Crippen LogP contribution is -2.24. The van der Waals surface area contributed by atoms with Gasteiger partial charge in [0, 0.05) is 13.1 Å². The third kappa shape index (κ3) is 4.30. The van der Waals surface area contributed by atoms with Crippen LogP contribution in [0, 0.1) is 0 Å². The highest BCUT2D eigenvalue weighted by Crippen LogP contribution is 2.21. The summed E-state index contributed by atoms with van der Waals surface area (Å²) in [6, 6.07) is 2.62. The van der Waals surface area contributed by atoms with Crippen LogP contribution < -0.4 is 5.32 Å². The van der Waals surface area contributed by atoms with Crippen LogP contribution in [0.1, 0.15) is 57.5 Å². The van der Waals surface area contributed by atoms with Crippen molar-refractivity contribution in [1.29, 1.82) is 0 Å². The Morgan fingerprint density at radius 2 is 2.22 bits per heavy atom. The predicted molar refractivity (Wildman–Crippen MR) is 77.7 cm³/mol. The summed E-state index contributed by atoms with van der Waals surface area (Å²) in [4.78, 5) is 0. The highest BCUT2D eigenvalue weighted by Gasteiger charge is 2.15. The second kappa shape index (κ2) is 7.37. The Morgan fingerprint density at radius 3 is 2.72 bits per heavy atom. The van der Waals surface area contributed by atoms with Crippen LogP contribution in [0.4, 0.5) is 0 Å². The third-order valence-corrected chi connectivity index (χ3v) is 3.19. The van der Waals surface area contributed by atoms with Gasteiger partial charge in [-0.25, -0.2) is 0 Å². The first-order valence-corrected chi connectivity index (χ1v) is 6.99. The highest BCUT2D eigenvalue weighted by molar-refractivity contribution is 5.14. The minimum atomic E-state index is 0.388.